The Kier molecular flexibility index (Phi) is 8.39. The molecule has 2 saturated heterocycles. The van der Waals surface area contributed by atoms with Crippen LogP contribution in [-0.2, 0) is 4.79 Å². The maximum atomic E-state index is 11.4. The third-order valence-corrected chi connectivity index (χ3v) is 8.57. The standard InChI is InChI=1S/C27H45N5O/c1-5-24-18-30(4)19-25(6-2)32(24)27-28-16-23(17-29-27)22-11-13-31(14-12-22)26-9-7-21(8-10-26)15-20(3)33/h16-17,21-22,24-26H,5-15,18-19H2,1-4H3/t21-,24?,25?,26+. The Balaban J connectivity index is 1.31. The number of hydrogen-bond acceptors (Lipinski definition) is 6. The molecule has 2 atom stereocenters. The van der Waals surface area contributed by atoms with E-state index in [1.807, 2.05) is 0 Å². The number of likely N-dealkylation sites (tertiary alicyclic amines) is 1. The first kappa shape index (κ1) is 24.6. The SMILES string of the molecule is CCC1CN(C)CC(CC)N1c1ncc(C2CCN([C@H]3CC[C@@H](CC(C)=O)CC3)CC2)cn1. The van der Waals surface area contributed by atoms with Crippen LogP contribution in [0.3, 0.4) is 0 Å². The van der Waals surface area contributed by atoms with E-state index >= 15 is 0 Å². The van der Waals surface area contributed by atoms with Crippen molar-refractivity contribution in [3.05, 3.63) is 18.0 Å². The van der Waals surface area contributed by atoms with Crippen LogP contribution in [0.25, 0.3) is 0 Å². The van der Waals surface area contributed by atoms with E-state index in [1.54, 1.807) is 6.92 Å². The second kappa shape index (κ2) is 11.3. The molecule has 3 aliphatic rings. The summed E-state index contributed by atoms with van der Waals surface area (Å²) < 4.78 is 0. The molecule has 1 aliphatic carbocycles. The summed E-state index contributed by atoms with van der Waals surface area (Å²) in [7, 11) is 2.23. The summed E-state index contributed by atoms with van der Waals surface area (Å²) >= 11 is 0. The molecule has 1 aromatic heterocycles. The monoisotopic (exact) mass is 455 g/mol. The van der Waals surface area contributed by atoms with Crippen LogP contribution < -0.4 is 4.90 Å². The molecular weight excluding hydrogens is 410 g/mol. The van der Waals surface area contributed by atoms with Gasteiger partial charge in [-0.25, -0.2) is 9.97 Å². The molecule has 0 spiro atoms. The zero-order valence-electron chi connectivity index (χ0n) is 21.4. The van der Waals surface area contributed by atoms with Gasteiger partial charge in [-0.1, -0.05) is 13.8 Å². The third-order valence-electron chi connectivity index (χ3n) is 8.57. The number of aromatic nitrogens is 2. The molecule has 184 valence electrons. The summed E-state index contributed by atoms with van der Waals surface area (Å²) in [4.78, 5) is 28.9. The molecule has 3 heterocycles. The highest BCUT2D eigenvalue weighted by Crippen LogP contribution is 2.34. The normalized spacial score (nSPS) is 30.5. The van der Waals surface area contributed by atoms with E-state index in [0.717, 1.165) is 44.3 Å². The summed E-state index contributed by atoms with van der Waals surface area (Å²) in [5.74, 6) is 2.49. The van der Waals surface area contributed by atoms with Gasteiger partial charge in [-0.15, -0.1) is 0 Å². The van der Waals surface area contributed by atoms with Crippen LogP contribution in [0.4, 0.5) is 5.95 Å². The maximum absolute atomic E-state index is 11.4. The predicted octanol–water partition coefficient (Wildman–Crippen LogP) is 4.50. The fourth-order valence-electron chi connectivity index (χ4n) is 6.64. The van der Waals surface area contributed by atoms with E-state index in [0.29, 0.717) is 29.7 Å². The van der Waals surface area contributed by atoms with Crippen LogP contribution in [0, 0.1) is 5.92 Å². The molecular formula is C27H45N5O. The van der Waals surface area contributed by atoms with Crippen LogP contribution in [0.2, 0.25) is 0 Å². The Morgan fingerprint density at radius 2 is 1.52 bits per heavy atom. The first-order valence-electron chi connectivity index (χ1n) is 13.5. The number of piperazine rings is 1. The smallest absolute Gasteiger partial charge is 0.225 e. The van der Waals surface area contributed by atoms with Crippen LogP contribution in [-0.4, -0.2) is 76.9 Å². The Morgan fingerprint density at radius 3 is 2.03 bits per heavy atom. The Bertz CT molecular complexity index is 738. The van der Waals surface area contributed by atoms with Gasteiger partial charge >= 0.3 is 0 Å². The molecule has 1 saturated carbocycles. The van der Waals surface area contributed by atoms with E-state index in [4.69, 9.17) is 9.97 Å². The summed E-state index contributed by atoms with van der Waals surface area (Å²) in [5, 5.41) is 0. The molecule has 4 rings (SSSR count). The molecule has 2 unspecified atom stereocenters. The lowest BCUT2D eigenvalue weighted by molar-refractivity contribution is -0.118. The zero-order valence-corrected chi connectivity index (χ0v) is 21.4. The zero-order chi connectivity index (χ0) is 23.4. The van der Waals surface area contributed by atoms with E-state index in [2.05, 4.69) is 48.0 Å². The molecule has 33 heavy (non-hydrogen) atoms. The van der Waals surface area contributed by atoms with Crippen molar-refractivity contribution in [1.29, 1.82) is 0 Å². The highest BCUT2D eigenvalue weighted by molar-refractivity contribution is 5.75. The van der Waals surface area contributed by atoms with Gasteiger partial charge in [-0.3, -0.25) is 0 Å². The van der Waals surface area contributed by atoms with Crippen molar-refractivity contribution >= 4 is 11.7 Å². The number of rotatable bonds is 7. The van der Waals surface area contributed by atoms with Gasteiger partial charge < -0.3 is 19.5 Å². The van der Waals surface area contributed by atoms with Crippen molar-refractivity contribution in [3.63, 3.8) is 0 Å². The number of carbonyl (C=O) groups excluding carboxylic acids is 1. The average Bonchev–Trinajstić information content (AvgIpc) is 2.84. The number of piperidine rings is 1. The van der Waals surface area contributed by atoms with Crippen molar-refractivity contribution in [2.75, 3.05) is 38.1 Å². The quantitative estimate of drug-likeness (QED) is 0.603. The first-order chi connectivity index (χ1) is 16.0. The second-order valence-electron chi connectivity index (χ2n) is 11.0. The van der Waals surface area contributed by atoms with Crippen molar-refractivity contribution in [2.24, 2.45) is 5.92 Å². The summed E-state index contributed by atoms with van der Waals surface area (Å²) in [6, 6.07) is 1.71. The molecule has 0 N–H and O–H groups in total. The van der Waals surface area contributed by atoms with E-state index < -0.39 is 0 Å². The Labute approximate surface area is 201 Å². The fourth-order valence-corrected chi connectivity index (χ4v) is 6.64. The van der Waals surface area contributed by atoms with Gasteiger partial charge in [0.25, 0.3) is 0 Å². The molecule has 0 amide bonds. The molecule has 3 fully saturated rings. The van der Waals surface area contributed by atoms with Crippen LogP contribution in [0.15, 0.2) is 12.4 Å². The number of Topliss-reactive ketones (excluding diaryl/α,β-unsaturated/α-hetero) is 1. The number of nitrogens with zero attached hydrogens (tertiary/aromatic N) is 5. The Morgan fingerprint density at radius 1 is 0.939 bits per heavy atom. The maximum Gasteiger partial charge on any atom is 0.225 e. The molecule has 0 bridgehead atoms. The van der Waals surface area contributed by atoms with Crippen LogP contribution in [0.5, 0.6) is 0 Å². The van der Waals surface area contributed by atoms with Crippen molar-refractivity contribution in [3.8, 4) is 0 Å². The predicted molar refractivity (Wildman–Crippen MR) is 135 cm³/mol. The summed E-state index contributed by atoms with van der Waals surface area (Å²) in [6.07, 6.45) is 14.7. The van der Waals surface area contributed by atoms with Gasteiger partial charge in [0.15, 0.2) is 0 Å². The van der Waals surface area contributed by atoms with E-state index in [9.17, 15) is 4.79 Å². The molecule has 0 radical (unpaired) electrons. The molecule has 2 aliphatic heterocycles. The van der Waals surface area contributed by atoms with Crippen LogP contribution in [0.1, 0.15) is 90.0 Å². The highest BCUT2D eigenvalue weighted by Gasteiger charge is 2.33. The fraction of sp³-hybridized carbons (Fsp3) is 0.815. The first-order valence-corrected chi connectivity index (χ1v) is 13.5. The highest BCUT2D eigenvalue weighted by atomic mass is 16.1. The van der Waals surface area contributed by atoms with Gasteiger partial charge in [0.05, 0.1) is 0 Å². The van der Waals surface area contributed by atoms with Gasteiger partial charge in [0.1, 0.15) is 5.78 Å². The number of anilines is 1. The van der Waals surface area contributed by atoms with Crippen molar-refractivity contribution in [1.82, 2.24) is 19.8 Å². The number of ketones is 1. The molecule has 0 aromatic carbocycles. The minimum absolute atomic E-state index is 0.357. The topological polar surface area (TPSA) is 52.6 Å². The lowest BCUT2D eigenvalue weighted by Gasteiger charge is -2.45. The van der Waals surface area contributed by atoms with E-state index in [-0.39, 0.29) is 0 Å². The van der Waals surface area contributed by atoms with Gasteiger partial charge in [-0.05, 0) is 95.8 Å². The molecule has 6 heteroatoms. The molecule has 1 aromatic rings. The number of hydrogen-bond donors (Lipinski definition) is 0. The Hall–Kier alpha value is -1.53. The summed E-state index contributed by atoms with van der Waals surface area (Å²) in [5.41, 5.74) is 1.32. The second-order valence-corrected chi connectivity index (χ2v) is 11.0. The van der Waals surface area contributed by atoms with Gasteiger partial charge in [0, 0.05) is 50.0 Å². The molecule has 6 nitrogen and oxygen atoms in total. The summed E-state index contributed by atoms with van der Waals surface area (Å²) in [6.45, 7) is 10.8. The lowest BCUT2D eigenvalue weighted by atomic mass is 9.81. The minimum Gasteiger partial charge on any atom is -0.332 e. The minimum atomic E-state index is 0.357. The average molecular weight is 456 g/mol. The largest absolute Gasteiger partial charge is 0.332 e. The van der Waals surface area contributed by atoms with Crippen LogP contribution >= 0.6 is 0 Å². The van der Waals surface area contributed by atoms with Gasteiger partial charge in [0.2, 0.25) is 5.95 Å². The van der Waals surface area contributed by atoms with E-state index in [1.165, 1.54) is 57.2 Å². The lowest BCUT2D eigenvalue weighted by Crippen LogP contribution is -2.58. The van der Waals surface area contributed by atoms with Crippen molar-refractivity contribution in [2.45, 2.75) is 103 Å². The number of carbonyl (C=O) groups is 1. The number of likely N-dealkylation sites (N-methyl/N-ethyl adjacent to an activating group) is 1. The van der Waals surface area contributed by atoms with Gasteiger partial charge in [-0.2, -0.15) is 0 Å². The third kappa shape index (κ3) is 5.94. The van der Waals surface area contributed by atoms with Crippen molar-refractivity contribution < 1.29 is 4.79 Å².